The Hall–Kier alpha value is -0.370. The monoisotopic (exact) mass is 170 g/mol. The van der Waals surface area contributed by atoms with E-state index in [9.17, 15) is 4.79 Å². The first-order valence-electron chi connectivity index (χ1n) is 4.64. The number of Topliss-reactive ketones (excluding diaryl/α,β-unsaturated/α-hetero) is 1. The highest BCUT2D eigenvalue weighted by molar-refractivity contribution is 5.90. The van der Waals surface area contributed by atoms with Crippen LogP contribution in [-0.2, 0) is 9.53 Å². The molecule has 2 nitrogen and oxygen atoms in total. The van der Waals surface area contributed by atoms with Gasteiger partial charge >= 0.3 is 0 Å². The third-order valence-corrected chi connectivity index (χ3v) is 2.37. The quantitative estimate of drug-likeness (QED) is 0.604. The first-order valence-corrected chi connectivity index (χ1v) is 4.64. The number of ether oxygens (including phenoxy) is 1. The standard InChI is InChI=1S/C10H18O2/c1-7(2)5-8(3)9(11)10(4)6-12-10/h7-8H,5-6H2,1-4H3/t8-,10-/m0/s1. The van der Waals surface area contributed by atoms with Gasteiger partial charge in [-0.15, -0.1) is 0 Å². The third kappa shape index (κ3) is 2.07. The highest BCUT2D eigenvalue weighted by Gasteiger charge is 2.48. The fraction of sp³-hybridized carbons (Fsp3) is 0.900. The molecule has 2 heteroatoms. The number of hydrogen-bond donors (Lipinski definition) is 0. The van der Waals surface area contributed by atoms with E-state index in [4.69, 9.17) is 4.74 Å². The Balaban J connectivity index is 2.42. The van der Waals surface area contributed by atoms with Crippen LogP contribution in [0.2, 0.25) is 0 Å². The van der Waals surface area contributed by atoms with Gasteiger partial charge < -0.3 is 4.74 Å². The fourth-order valence-electron chi connectivity index (χ4n) is 1.59. The molecule has 70 valence electrons. The summed E-state index contributed by atoms with van der Waals surface area (Å²) in [5.41, 5.74) is -0.422. The molecule has 0 aromatic carbocycles. The molecule has 0 N–H and O–H groups in total. The summed E-state index contributed by atoms with van der Waals surface area (Å²) >= 11 is 0. The highest BCUT2D eigenvalue weighted by Crippen LogP contribution is 2.31. The van der Waals surface area contributed by atoms with E-state index in [1.54, 1.807) is 0 Å². The van der Waals surface area contributed by atoms with Gasteiger partial charge in [-0.25, -0.2) is 0 Å². The van der Waals surface area contributed by atoms with E-state index in [0.29, 0.717) is 12.5 Å². The van der Waals surface area contributed by atoms with E-state index in [-0.39, 0.29) is 11.7 Å². The Morgan fingerprint density at radius 3 is 2.33 bits per heavy atom. The Morgan fingerprint density at radius 2 is 2.00 bits per heavy atom. The highest BCUT2D eigenvalue weighted by atomic mass is 16.6. The van der Waals surface area contributed by atoms with Gasteiger partial charge in [0.15, 0.2) is 5.78 Å². The van der Waals surface area contributed by atoms with Gasteiger partial charge in [0.05, 0.1) is 6.61 Å². The van der Waals surface area contributed by atoms with Crippen molar-refractivity contribution in [1.29, 1.82) is 0 Å². The lowest BCUT2D eigenvalue weighted by Crippen LogP contribution is -2.27. The molecular formula is C10H18O2. The second-order valence-corrected chi connectivity index (χ2v) is 4.41. The van der Waals surface area contributed by atoms with Gasteiger partial charge in [-0.05, 0) is 19.3 Å². The minimum atomic E-state index is -0.422. The molecule has 0 spiro atoms. The van der Waals surface area contributed by atoms with Crippen molar-refractivity contribution in [3.8, 4) is 0 Å². The van der Waals surface area contributed by atoms with E-state index in [1.165, 1.54) is 0 Å². The molecule has 1 rings (SSSR count). The largest absolute Gasteiger partial charge is 0.362 e. The van der Waals surface area contributed by atoms with E-state index >= 15 is 0 Å². The number of rotatable bonds is 4. The SMILES string of the molecule is CC(C)C[C@H](C)C(=O)[C@]1(C)CO1. The molecule has 1 aliphatic rings. The molecule has 0 aromatic heterocycles. The molecule has 0 radical (unpaired) electrons. The first kappa shape index (κ1) is 9.72. The van der Waals surface area contributed by atoms with Crippen LogP contribution < -0.4 is 0 Å². The maximum atomic E-state index is 11.6. The molecule has 0 amide bonds. The van der Waals surface area contributed by atoms with Gasteiger partial charge in [0, 0.05) is 5.92 Å². The molecule has 0 bridgehead atoms. The molecular weight excluding hydrogens is 152 g/mol. The van der Waals surface area contributed by atoms with Crippen molar-refractivity contribution in [2.24, 2.45) is 11.8 Å². The molecule has 2 atom stereocenters. The lowest BCUT2D eigenvalue weighted by Gasteiger charge is -2.14. The first-order chi connectivity index (χ1) is 5.46. The van der Waals surface area contributed by atoms with Gasteiger partial charge in [0.2, 0.25) is 0 Å². The number of carbonyl (C=O) groups excluding carboxylic acids is 1. The zero-order valence-electron chi connectivity index (χ0n) is 8.39. The summed E-state index contributed by atoms with van der Waals surface area (Å²) in [5.74, 6) is 1.01. The molecule has 0 saturated carbocycles. The van der Waals surface area contributed by atoms with Crippen molar-refractivity contribution in [2.45, 2.75) is 39.7 Å². The van der Waals surface area contributed by atoms with Gasteiger partial charge in [0.25, 0.3) is 0 Å². The number of hydrogen-bond acceptors (Lipinski definition) is 2. The van der Waals surface area contributed by atoms with Crippen LogP contribution in [-0.4, -0.2) is 18.0 Å². The average Bonchev–Trinajstić information content (AvgIpc) is 2.66. The fourth-order valence-corrected chi connectivity index (χ4v) is 1.59. The Bertz CT molecular complexity index is 180. The van der Waals surface area contributed by atoms with Crippen LogP contribution in [0.3, 0.4) is 0 Å². The number of carbonyl (C=O) groups is 1. The summed E-state index contributed by atoms with van der Waals surface area (Å²) < 4.78 is 5.11. The predicted octanol–water partition coefficient (Wildman–Crippen LogP) is 2.03. The molecule has 1 fully saturated rings. The summed E-state index contributed by atoms with van der Waals surface area (Å²) in [5, 5.41) is 0. The lowest BCUT2D eigenvalue weighted by atomic mass is 9.89. The Labute approximate surface area is 74.3 Å². The van der Waals surface area contributed by atoms with Crippen LogP contribution in [0.15, 0.2) is 0 Å². The summed E-state index contributed by atoms with van der Waals surface area (Å²) in [4.78, 5) is 11.6. The number of ketones is 1. The predicted molar refractivity (Wildman–Crippen MR) is 48.0 cm³/mol. The molecule has 0 unspecified atom stereocenters. The summed E-state index contributed by atoms with van der Waals surface area (Å²) in [6.07, 6.45) is 0.970. The van der Waals surface area contributed by atoms with Crippen molar-refractivity contribution in [3.63, 3.8) is 0 Å². The third-order valence-electron chi connectivity index (χ3n) is 2.37. The van der Waals surface area contributed by atoms with E-state index in [0.717, 1.165) is 6.42 Å². The van der Waals surface area contributed by atoms with Gasteiger partial charge in [-0.1, -0.05) is 20.8 Å². The van der Waals surface area contributed by atoms with Crippen LogP contribution >= 0.6 is 0 Å². The number of epoxide rings is 1. The van der Waals surface area contributed by atoms with E-state index in [1.807, 2.05) is 13.8 Å². The van der Waals surface area contributed by atoms with E-state index in [2.05, 4.69) is 13.8 Å². The lowest BCUT2D eigenvalue weighted by molar-refractivity contribution is -0.127. The topological polar surface area (TPSA) is 29.6 Å². The Kier molecular flexibility index (Phi) is 2.57. The van der Waals surface area contributed by atoms with Crippen molar-refractivity contribution in [1.82, 2.24) is 0 Å². The molecule has 1 saturated heterocycles. The molecule has 0 aliphatic carbocycles. The van der Waals surface area contributed by atoms with Crippen LogP contribution in [0.5, 0.6) is 0 Å². The summed E-state index contributed by atoms with van der Waals surface area (Å²) in [7, 11) is 0. The van der Waals surface area contributed by atoms with E-state index < -0.39 is 5.60 Å². The van der Waals surface area contributed by atoms with Crippen molar-refractivity contribution in [2.75, 3.05) is 6.61 Å². The van der Waals surface area contributed by atoms with Crippen molar-refractivity contribution in [3.05, 3.63) is 0 Å². The molecule has 1 heterocycles. The normalized spacial score (nSPS) is 30.4. The summed E-state index contributed by atoms with van der Waals surface area (Å²) in [6.45, 7) is 8.77. The minimum absolute atomic E-state index is 0.150. The zero-order valence-corrected chi connectivity index (χ0v) is 8.39. The van der Waals surface area contributed by atoms with Crippen LogP contribution in [0.4, 0.5) is 0 Å². The van der Waals surface area contributed by atoms with Crippen molar-refractivity contribution >= 4 is 5.78 Å². The van der Waals surface area contributed by atoms with Crippen molar-refractivity contribution < 1.29 is 9.53 Å². The Morgan fingerprint density at radius 1 is 1.50 bits per heavy atom. The zero-order chi connectivity index (χ0) is 9.35. The maximum absolute atomic E-state index is 11.6. The average molecular weight is 170 g/mol. The van der Waals surface area contributed by atoms with Crippen LogP contribution in [0.1, 0.15) is 34.1 Å². The second kappa shape index (κ2) is 3.17. The second-order valence-electron chi connectivity index (χ2n) is 4.41. The molecule has 0 aromatic rings. The van der Waals surface area contributed by atoms with Gasteiger partial charge in [-0.3, -0.25) is 4.79 Å². The summed E-state index contributed by atoms with van der Waals surface area (Å²) in [6, 6.07) is 0. The molecule has 1 aliphatic heterocycles. The minimum Gasteiger partial charge on any atom is -0.362 e. The maximum Gasteiger partial charge on any atom is 0.169 e. The van der Waals surface area contributed by atoms with Crippen LogP contribution in [0, 0.1) is 11.8 Å². The van der Waals surface area contributed by atoms with Gasteiger partial charge in [-0.2, -0.15) is 0 Å². The smallest absolute Gasteiger partial charge is 0.169 e. The molecule has 12 heavy (non-hydrogen) atoms. The van der Waals surface area contributed by atoms with Crippen LogP contribution in [0.25, 0.3) is 0 Å². The van der Waals surface area contributed by atoms with Gasteiger partial charge in [0.1, 0.15) is 5.60 Å².